The molecule has 1 aromatic carbocycles. The predicted molar refractivity (Wildman–Crippen MR) is 82.3 cm³/mol. The van der Waals surface area contributed by atoms with Crippen molar-refractivity contribution in [3.8, 4) is 0 Å². The molecule has 1 heterocycles. The number of fused-ring (bicyclic) bond motifs is 1. The maximum atomic E-state index is 12.4. The largest absolute Gasteiger partial charge is 0.379 e. The Bertz CT molecular complexity index is 550. The molecule has 20 heavy (non-hydrogen) atoms. The van der Waals surface area contributed by atoms with E-state index >= 15 is 0 Å². The van der Waals surface area contributed by atoms with Gasteiger partial charge in [-0.15, -0.1) is 0 Å². The van der Waals surface area contributed by atoms with Crippen molar-refractivity contribution in [2.75, 3.05) is 0 Å². The Morgan fingerprint density at radius 2 is 1.95 bits per heavy atom. The summed E-state index contributed by atoms with van der Waals surface area (Å²) in [6.45, 7) is 4.38. The van der Waals surface area contributed by atoms with Crippen LogP contribution in [-0.4, -0.2) is 11.3 Å². The van der Waals surface area contributed by atoms with Gasteiger partial charge in [0.1, 0.15) is 0 Å². The highest BCUT2D eigenvalue weighted by molar-refractivity contribution is 5.98. The fourth-order valence-electron chi connectivity index (χ4n) is 3.47. The molecule has 1 aromatic rings. The minimum atomic E-state index is 0.0101. The number of carbonyl (C=O) groups excluding carboxylic acids is 1. The molecule has 0 aromatic heterocycles. The second kappa shape index (κ2) is 5.08. The maximum Gasteiger partial charge on any atom is 0.160 e. The molecule has 0 amide bonds. The molecule has 0 unspecified atom stereocenters. The van der Waals surface area contributed by atoms with Crippen LogP contribution in [0.25, 0.3) is 5.70 Å². The average molecular weight is 269 g/mol. The van der Waals surface area contributed by atoms with E-state index in [0.29, 0.717) is 5.78 Å². The van der Waals surface area contributed by atoms with E-state index in [1.54, 1.807) is 0 Å². The van der Waals surface area contributed by atoms with Gasteiger partial charge in [0, 0.05) is 28.8 Å². The van der Waals surface area contributed by atoms with Gasteiger partial charge in [-0.05, 0) is 38.7 Å². The molecule has 0 saturated heterocycles. The SMILES string of the molecule is CC1(C)Cc2ccccc2C(=CC(=O)C2CCCC2)N1. The Morgan fingerprint density at radius 3 is 2.70 bits per heavy atom. The van der Waals surface area contributed by atoms with Crippen LogP contribution >= 0.6 is 0 Å². The first kappa shape index (κ1) is 13.4. The Labute approximate surface area is 121 Å². The summed E-state index contributed by atoms with van der Waals surface area (Å²) in [5, 5.41) is 3.54. The third-order valence-electron chi connectivity index (χ3n) is 4.46. The monoisotopic (exact) mass is 269 g/mol. The summed E-state index contributed by atoms with van der Waals surface area (Å²) in [6, 6.07) is 8.42. The zero-order chi connectivity index (χ0) is 14.2. The molecule has 0 bridgehead atoms. The molecule has 1 N–H and O–H groups in total. The lowest BCUT2D eigenvalue weighted by atomic mass is 9.85. The van der Waals surface area contributed by atoms with E-state index < -0.39 is 0 Å². The molecule has 1 aliphatic heterocycles. The third kappa shape index (κ3) is 2.65. The van der Waals surface area contributed by atoms with Gasteiger partial charge in [-0.3, -0.25) is 4.79 Å². The van der Waals surface area contributed by atoms with Crippen molar-refractivity contribution in [1.82, 2.24) is 5.32 Å². The van der Waals surface area contributed by atoms with Crippen LogP contribution in [0.5, 0.6) is 0 Å². The molecule has 2 nitrogen and oxygen atoms in total. The van der Waals surface area contributed by atoms with Crippen molar-refractivity contribution >= 4 is 11.5 Å². The summed E-state index contributed by atoms with van der Waals surface area (Å²) < 4.78 is 0. The number of benzene rings is 1. The van der Waals surface area contributed by atoms with Crippen LogP contribution in [-0.2, 0) is 11.2 Å². The zero-order valence-corrected chi connectivity index (χ0v) is 12.4. The predicted octanol–water partition coefficient (Wildman–Crippen LogP) is 3.71. The van der Waals surface area contributed by atoms with Gasteiger partial charge in [0.15, 0.2) is 5.78 Å². The first-order chi connectivity index (χ1) is 9.55. The number of ketones is 1. The van der Waals surface area contributed by atoms with Crippen LogP contribution in [0, 0.1) is 5.92 Å². The van der Waals surface area contributed by atoms with Gasteiger partial charge in [0.2, 0.25) is 0 Å². The highest BCUT2D eigenvalue weighted by Crippen LogP contribution is 2.31. The van der Waals surface area contributed by atoms with E-state index in [9.17, 15) is 4.79 Å². The van der Waals surface area contributed by atoms with Crippen LogP contribution < -0.4 is 5.32 Å². The molecule has 0 radical (unpaired) electrons. The molecule has 1 saturated carbocycles. The molecule has 3 rings (SSSR count). The summed E-state index contributed by atoms with van der Waals surface area (Å²) in [4.78, 5) is 12.4. The molecule has 0 atom stereocenters. The van der Waals surface area contributed by atoms with Crippen molar-refractivity contribution in [1.29, 1.82) is 0 Å². The molecular weight excluding hydrogens is 246 g/mol. The van der Waals surface area contributed by atoms with Crippen LogP contribution in [0.1, 0.15) is 50.7 Å². The third-order valence-corrected chi connectivity index (χ3v) is 4.46. The molecule has 2 aliphatic rings. The number of rotatable bonds is 2. The van der Waals surface area contributed by atoms with Gasteiger partial charge in [-0.25, -0.2) is 0 Å². The summed E-state index contributed by atoms with van der Waals surface area (Å²) in [6.07, 6.45) is 7.39. The number of nitrogens with one attached hydrogen (secondary N) is 1. The molecule has 2 heteroatoms. The molecule has 1 fully saturated rings. The second-order valence-electron chi connectivity index (χ2n) is 6.78. The van der Waals surface area contributed by atoms with Crippen molar-refractivity contribution < 1.29 is 4.79 Å². The van der Waals surface area contributed by atoms with E-state index in [-0.39, 0.29) is 11.5 Å². The highest BCUT2D eigenvalue weighted by atomic mass is 16.1. The lowest BCUT2D eigenvalue weighted by Crippen LogP contribution is -2.43. The van der Waals surface area contributed by atoms with E-state index in [0.717, 1.165) is 25.0 Å². The van der Waals surface area contributed by atoms with Crippen molar-refractivity contribution in [2.24, 2.45) is 5.92 Å². The van der Waals surface area contributed by atoms with Gasteiger partial charge in [0.05, 0.1) is 0 Å². The van der Waals surface area contributed by atoms with Crippen LogP contribution in [0.2, 0.25) is 0 Å². The maximum absolute atomic E-state index is 12.4. The van der Waals surface area contributed by atoms with E-state index in [1.807, 2.05) is 12.1 Å². The Balaban J connectivity index is 1.93. The topological polar surface area (TPSA) is 29.1 Å². The minimum absolute atomic E-state index is 0.0101. The molecule has 0 spiro atoms. The first-order valence-corrected chi connectivity index (χ1v) is 7.67. The zero-order valence-electron chi connectivity index (χ0n) is 12.4. The fraction of sp³-hybridized carbons (Fsp3) is 0.500. The van der Waals surface area contributed by atoms with Crippen LogP contribution in [0.3, 0.4) is 0 Å². The smallest absolute Gasteiger partial charge is 0.160 e. The molecular formula is C18H23NO. The lowest BCUT2D eigenvalue weighted by molar-refractivity contribution is -0.117. The second-order valence-corrected chi connectivity index (χ2v) is 6.78. The Hall–Kier alpha value is -1.57. The number of allylic oxidation sites excluding steroid dienone is 1. The van der Waals surface area contributed by atoms with E-state index in [1.165, 1.54) is 24.0 Å². The summed E-state index contributed by atoms with van der Waals surface area (Å²) in [5.74, 6) is 0.555. The highest BCUT2D eigenvalue weighted by Gasteiger charge is 2.29. The van der Waals surface area contributed by atoms with Crippen molar-refractivity contribution in [3.63, 3.8) is 0 Å². The standard InChI is InChI=1S/C18H23NO/c1-18(2)12-14-9-5-6-10-15(14)16(19-18)11-17(20)13-7-3-4-8-13/h5-6,9-11,13,19H,3-4,7-8,12H2,1-2H3. The van der Waals surface area contributed by atoms with Crippen molar-refractivity contribution in [2.45, 2.75) is 51.5 Å². The van der Waals surface area contributed by atoms with Gasteiger partial charge in [-0.1, -0.05) is 37.1 Å². The average Bonchev–Trinajstić information content (AvgIpc) is 2.91. The van der Waals surface area contributed by atoms with Gasteiger partial charge in [0.25, 0.3) is 0 Å². The normalized spacial score (nSPS) is 23.4. The fourth-order valence-corrected chi connectivity index (χ4v) is 3.47. The van der Waals surface area contributed by atoms with Gasteiger partial charge < -0.3 is 5.32 Å². The van der Waals surface area contributed by atoms with Crippen molar-refractivity contribution in [3.05, 3.63) is 41.5 Å². The summed E-state index contributed by atoms with van der Waals surface area (Å²) in [5.41, 5.74) is 3.55. The Kier molecular flexibility index (Phi) is 3.41. The Morgan fingerprint density at radius 1 is 1.25 bits per heavy atom. The number of hydrogen-bond acceptors (Lipinski definition) is 2. The van der Waals surface area contributed by atoms with Gasteiger partial charge >= 0.3 is 0 Å². The lowest BCUT2D eigenvalue weighted by Gasteiger charge is -2.35. The first-order valence-electron chi connectivity index (χ1n) is 7.67. The van der Waals surface area contributed by atoms with Crippen LogP contribution in [0.15, 0.2) is 30.3 Å². The minimum Gasteiger partial charge on any atom is -0.379 e. The van der Waals surface area contributed by atoms with E-state index in [2.05, 4.69) is 37.4 Å². The molecule has 106 valence electrons. The van der Waals surface area contributed by atoms with Crippen LogP contribution in [0.4, 0.5) is 0 Å². The number of carbonyl (C=O) groups is 1. The summed E-state index contributed by atoms with van der Waals surface area (Å²) in [7, 11) is 0. The van der Waals surface area contributed by atoms with Gasteiger partial charge in [-0.2, -0.15) is 0 Å². The summed E-state index contributed by atoms with van der Waals surface area (Å²) >= 11 is 0. The quantitative estimate of drug-likeness (QED) is 0.829. The van der Waals surface area contributed by atoms with E-state index in [4.69, 9.17) is 0 Å². The molecule has 1 aliphatic carbocycles. The number of hydrogen-bond donors (Lipinski definition) is 1.